The van der Waals surface area contributed by atoms with E-state index in [4.69, 9.17) is 0 Å². The number of aliphatic hydroxyl groups is 2. The van der Waals surface area contributed by atoms with Crippen LogP contribution in [0.3, 0.4) is 0 Å². The second-order valence-corrected chi connectivity index (χ2v) is 14.8. The van der Waals surface area contributed by atoms with Gasteiger partial charge in [0.25, 0.3) is 0 Å². The molecule has 0 bridgehead atoms. The molecule has 0 radical (unpaired) electrons. The molecule has 0 aromatic rings. The topological polar surface area (TPSA) is 69.6 Å². The molecule has 2 atom stereocenters. The fraction of sp³-hybridized carbons (Fsp3) is 0.844. The molecule has 0 aliphatic rings. The molecule has 1 amide bonds. The molecule has 2 unspecified atom stereocenters. The zero-order valence-electron chi connectivity index (χ0n) is 33.0. The molecule has 0 spiro atoms. The zero-order valence-corrected chi connectivity index (χ0v) is 33.0. The van der Waals surface area contributed by atoms with Gasteiger partial charge in [-0.3, -0.25) is 4.79 Å². The molecule has 0 saturated heterocycles. The average molecular weight is 688 g/mol. The van der Waals surface area contributed by atoms with Gasteiger partial charge in [-0.15, -0.1) is 0 Å². The van der Waals surface area contributed by atoms with Gasteiger partial charge in [0.1, 0.15) is 0 Å². The highest BCUT2D eigenvalue weighted by Gasteiger charge is 2.17. The lowest BCUT2D eigenvalue weighted by molar-refractivity contribution is -0.123. The Morgan fingerprint density at radius 3 is 1.20 bits per heavy atom. The van der Waals surface area contributed by atoms with Gasteiger partial charge >= 0.3 is 0 Å². The van der Waals surface area contributed by atoms with Gasteiger partial charge in [0, 0.05) is 6.42 Å². The van der Waals surface area contributed by atoms with Crippen LogP contribution in [0.2, 0.25) is 0 Å². The highest BCUT2D eigenvalue weighted by Crippen LogP contribution is 2.15. The Balaban J connectivity index is 3.49. The smallest absolute Gasteiger partial charge is 0.220 e. The van der Waals surface area contributed by atoms with Crippen LogP contribution in [-0.4, -0.2) is 34.9 Å². The van der Waals surface area contributed by atoms with Crippen molar-refractivity contribution in [2.45, 2.75) is 238 Å². The SMILES string of the molecule is CCCCCC/C=C/CC/C=C/C(O)C(CO)NC(=O)CCCCCCCCCCCCC/C=C\CCCCCCCCCCCCCC. The largest absolute Gasteiger partial charge is 0.394 e. The van der Waals surface area contributed by atoms with Gasteiger partial charge in [0.05, 0.1) is 18.8 Å². The van der Waals surface area contributed by atoms with E-state index in [1.807, 2.05) is 6.08 Å². The van der Waals surface area contributed by atoms with Crippen LogP contribution < -0.4 is 5.32 Å². The first kappa shape index (κ1) is 47.6. The van der Waals surface area contributed by atoms with E-state index in [-0.39, 0.29) is 12.5 Å². The van der Waals surface area contributed by atoms with Gasteiger partial charge < -0.3 is 15.5 Å². The van der Waals surface area contributed by atoms with Gasteiger partial charge in [-0.1, -0.05) is 198 Å². The van der Waals surface area contributed by atoms with E-state index in [0.717, 1.165) is 32.1 Å². The van der Waals surface area contributed by atoms with Crippen LogP contribution in [0.1, 0.15) is 226 Å². The third-order valence-electron chi connectivity index (χ3n) is 9.85. The molecule has 0 aromatic carbocycles. The molecule has 0 aliphatic carbocycles. The van der Waals surface area contributed by atoms with Crippen LogP contribution in [0.25, 0.3) is 0 Å². The molecule has 3 N–H and O–H groups in total. The first-order valence-corrected chi connectivity index (χ1v) is 21.7. The zero-order chi connectivity index (χ0) is 35.7. The number of carbonyl (C=O) groups is 1. The standard InChI is InChI=1S/C45H85NO3/c1-3-5-7-9-11-13-15-16-17-18-19-20-21-22-23-24-25-26-27-28-29-30-31-33-35-37-39-41-45(49)46-43(42-47)44(48)40-38-36-34-32-14-12-10-8-6-4-2/h14,22-23,32,38,40,43-44,47-48H,3-13,15-21,24-31,33-37,39,41-42H2,1-2H3,(H,46,49)/b23-22-,32-14+,40-38+. The Morgan fingerprint density at radius 1 is 0.469 bits per heavy atom. The summed E-state index contributed by atoms with van der Waals surface area (Å²) >= 11 is 0. The number of carbonyl (C=O) groups excluding carboxylic acids is 1. The lowest BCUT2D eigenvalue weighted by Crippen LogP contribution is -2.45. The summed E-state index contributed by atoms with van der Waals surface area (Å²) in [4.78, 5) is 12.3. The predicted octanol–water partition coefficient (Wildman–Crippen LogP) is 13.4. The van der Waals surface area contributed by atoms with E-state index >= 15 is 0 Å². The minimum absolute atomic E-state index is 0.0763. The Kier molecular flexibility index (Phi) is 39.9. The highest BCUT2D eigenvalue weighted by molar-refractivity contribution is 5.76. The number of allylic oxidation sites excluding steroid dienone is 5. The molecule has 0 rings (SSSR count). The van der Waals surface area contributed by atoms with Crippen LogP contribution >= 0.6 is 0 Å². The number of hydrogen-bond acceptors (Lipinski definition) is 3. The highest BCUT2D eigenvalue weighted by atomic mass is 16.3. The molecule has 0 heterocycles. The maximum absolute atomic E-state index is 12.3. The lowest BCUT2D eigenvalue weighted by Gasteiger charge is -2.19. The Labute approximate surface area is 306 Å². The monoisotopic (exact) mass is 688 g/mol. The van der Waals surface area contributed by atoms with Crippen LogP contribution in [0.4, 0.5) is 0 Å². The van der Waals surface area contributed by atoms with Crippen molar-refractivity contribution >= 4 is 5.91 Å². The third-order valence-corrected chi connectivity index (χ3v) is 9.85. The van der Waals surface area contributed by atoms with Crippen molar-refractivity contribution in [3.8, 4) is 0 Å². The van der Waals surface area contributed by atoms with Crippen molar-refractivity contribution in [3.63, 3.8) is 0 Å². The fourth-order valence-corrected chi connectivity index (χ4v) is 6.48. The van der Waals surface area contributed by atoms with Gasteiger partial charge in [-0.2, -0.15) is 0 Å². The van der Waals surface area contributed by atoms with E-state index in [0.29, 0.717) is 6.42 Å². The molecular weight excluding hydrogens is 602 g/mol. The first-order valence-electron chi connectivity index (χ1n) is 21.7. The molecule has 0 aliphatic heterocycles. The van der Waals surface area contributed by atoms with Crippen LogP contribution in [0, 0.1) is 0 Å². The fourth-order valence-electron chi connectivity index (χ4n) is 6.48. The molecule has 0 aromatic heterocycles. The molecule has 0 fully saturated rings. The predicted molar refractivity (Wildman–Crippen MR) is 216 cm³/mol. The van der Waals surface area contributed by atoms with Crippen molar-refractivity contribution in [2.75, 3.05) is 6.61 Å². The maximum atomic E-state index is 12.3. The number of nitrogens with one attached hydrogen (secondary N) is 1. The first-order chi connectivity index (χ1) is 24.2. The summed E-state index contributed by atoms with van der Waals surface area (Å²) in [6.07, 6.45) is 54.1. The van der Waals surface area contributed by atoms with E-state index in [2.05, 4.69) is 43.5 Å². The van der Waals surface area contributed by atoms with Crippen molar-refractivity contribution < 1.29 is 15.0 Å². The summed E-state index contributed by atoms with van der Waals surface area (Å²) in [6.45, 7) is 4.26. The second-order valence-electron chi connectivity index (χ2n) is 14.8. The normalized spacial score (nSPS) is 13.3. The summed E-state index contributed by atoms with van der Waals surface area (Å²) in [5.74, 6) is -0.0763. The minimum atomic E-state index is -0.859. The molecule has 0 saturated carbocycles. The van der Waals surface area contributed by atoms with Gasteiger partial charge in [0.15, 0.2) is 0 Å². The summed E-state index contributed by atoms with van der Waals surface area (Å²) in [5, 5.41) is 22.8. The number of rotatable bonds is 39. The summed E-state index contributed by atoms with van der Waals surface area (Å²) < 4.78 is 0. The van der Waals surface area contributed by atoms with Gasteiger partial charge in [-0.05, 0) is 57.8 Å². The lowest BCUT2D eigenvalue weighted by atomic mass is 10.0. The molecule has 288 valence electrons. The van der Waals surface area contributed by atoms with Crippen LogP contribution in [0.15, 0.2) is 36.5 Å². The summed E-state index contributed by atoms with van der Waals surface area (Å²) in [7, 11) is 0. The van der Waals surface area contributed by atoms with Crippen molar-refractivity contribution in [1.82, 2.24) is 5.32 Å². The van der Waals surface area contributed by atoms with Crippen LogP contribution in [-0.2, 0) is 4.79 Å². The molecule has 4 heteroatoms. The van der Waals surface area contributed by atoms with Crippen LogP contribution in [0.5, 0.6) is 0 Å². The minimum Gasteiger partial charge on any atom is -0.394 e. The Morgan fingerprint density at radius 2 is 0.796 bits per heavy atom. The summed E-state index contributed by atoms with van der Waals surface area (Å²) in [6, 6.07) is -0.636. The van der Waals surface area contributed by atoms with E-state index < -0.39 is 12.1 Å². The third kappa shape index (κ3) is 37.7. The van der Waals surface area contributed by atoms with Crippen molar-refractivity contribution in [2.24, 2.45) is 0 Å². The van der Waals surface area contributed by atoms with E-state index in [9.17, 15) is 15.0 Å². The molecular formula is C45H85NO3. The maximum Gasteiger partial charge on any atom is 0.220 e. The van der Waals surface area contributed by atoms with Crippen molar-refractivity contribution in [1.29, 1.82) is 0 Å². The quantitative estimate of drug-likeness (QED) is 0.0445. The number of hydrogen-bond donors (Lipinski definition) is 3. The van der Waals surface area contributed by atoms with Crippen molar-refractivity contribution in [3.05, 3.63) is 36.5 Å². The Bertz CT molecular complexity index is 746. The van der Waals surface area contributed by atoms with Gasteiger partial charge in [0.2, 0.25) is 5.91 Å². The molecule has 49 heavy (non-hydrogen) atoms. The van der Waals surface area contributed by atoms with E-state index in [1.54, 1.807) is 6.08 Å². The number of unbranched alkanes of at least 4 members (excludes halogenated alkanes) is 28. The molecule has 4 nitrogen and oxygen atoms in total. The Hall–Kier alpha value is -1.39. The number of aliphatic hydroxyl groups excluding tert-OH is 2. The number of amides is 1. The van der Waals surface area contributed by atoms with Gasteiger partial charge in [-0.25, -0.2) is 0 Å². The van der Waals surface area contributed by atoms with E-state index in [1.165, 1.54) is 173 Å². The average Bonchev–Trinajstić information content (AvgIpc) is 3.10. The second kappa shape index (κ2) is 41.0. The summed E-state index contributed by atoms with van der Waals surface area (Å²) in [5.41, 5.74) is 0.